The molecule has 3 nitrogen and oxygen atoms in total. The topological polar surface area (TPSA) is 43.7 Å². The molecule has 0 aliphatic carbocycles. The highest BCUT2D eigenvalue weighted by Crippen LogP contribution is 2.16. The highest BCUT2D eigenvalue weighted by Gasteiger charge is 2.29. The number of β-amino-alcohol motifs (C(OH)–C–C–N with tert-alkyl or cyclic N) is 1. The van der Waals surface area contributed by atoms with Gasteiger partial charge in [-0.2, -0.15) is 0 Å². The van der Waals surface area contributed by atoms with Crippen LogP contribution in [0.15, 0.2) is 0 Å². The van der Waals surface area contributed by atoms with Crippen LogP contribution in [0.25, 0.3) is 0 Å². The van der Waals surface area contributed by atoms with Gasteiger partial charge in [0.05, 0.1) is 12.7 Å². The molecule has 1 heterocycles. The van der Waals surface area contributed by atoms with Crippen molar-refractivity contribution < 1.29 is 10.2 Å². The van der Waals surface area contributed by atoms with Crippen LogP contribution in [0.4, 0.5) is 0 Å². The quantitative estimate of drug-likeness (QED) is 0.600. The van der Waals surface area contributed by atoms with Gasteiger partial charge in [-0.1, -0.05) is 6.92 Å². The van der Waals surface area contributed by atoms with E-state index >= 15 is 0 Å². The highest BCUT2D eigenvalue weighted by molar-refractivity contribution is 4.83. The van der Waals surface area contributed by atoms with Crippen molar-refractivity contribution in [2.45, 2.75) is 31.9 Å². The van der Waals surface area contributed by atoms with Crippen LogP contribution in [0.1, 0.15) is 19.8 Å². The van der Waals surface area contributed by atoms with Gasteiger partial charge in [0.1, 0.15) is 0 Å². The van der Waals surface area contributed by atoms with Crippen molar-refractivity contribution in [3.63, 3.8) is 0 Å². The number of hydrogen-bond donors (Lipinski definition) is 2. The standard InChI is InChI=1S/C8H17NO2/c1-2-3-9-5-8(11)4-7(9)6-10/h7-8,10-11H,2-6H2,1H3/t7-,8-/m0/s1. The Hall–Kier alpha value is -0.120. The first-order valence-electron chi connectivity index (χ1n) is 4.31. The van der Waals surface area contributed by atoms with E-state index in [2.05, 4.69) is 11.8 Å². The second-order valence-corrected chi connectivity index (χ2v) is 3.22. The highest BCUT2D eigenvalue weighted by atomic mass is 16.3. The average molecular weight is 159 g/mol. The number of rotatable bonds is 3. The van der Waals surface area contributed by atoms with Crippen molar-refractivity contribution in [1.82, 2.24) is 4.90 Å². The molecule has 0 radical (unpaired) electrons. The van der Waals surface area contributed by atoms with E-state index in [-0.39, 0.29) is 18.8 Å². The number of nitrogens with zero attached hydrogens (tertiary/aromatic N) is 1. The summed E-state index contributed by atoms with van der Waals surface area (Å²) in [7, 11) is 0. The van der Waals surface area contributed by atoms with Gasteiger partial charge in [-0.15, -0.1) is 0 Å². The Morgan fingerprint density at radius 3 is 2.82 bits per heavy atom. The van der Waals surface area contributed by atoms with Gasteiger partial charge < -0.3 is 10.2 Å². The van der Waals surface area contributed by atoms with E-state index in [4.69, 9.17) is 5.11 Å². The molecule has 0 amide bonds. The molecular formula is C8H17NO2. The zero-order chi connectivity index (χ0) is 8.27. The maximum absolute atomic E-state index is 9.27. The van der Waals surface area contributed by atoms with Crippen LogP contribution < -0.4 is 0 Å². The third-order valence-corrected chi connectivity index (χ3v) is 2.23. The van der Waals surface area contributed by atoms with Crippen molar-refractivity contribution in [3.05, 3.63) is 0 Å². The van der Waals surface area contributed by atoms with Crippen molar-refractivity contribution in [3.8, 4) is 0 Å². The first-order chi connectivity index (χ1) is 5.27. The monoisotopic (exact) mass is 159 g/mol. The molecule has 0 saturated carbocycles. The molecule has 1 aliphatic rings. The third kappa shape index (κ3) is 2.15. The Morgan fingerprint density at radius 2 is 2.27 bits per heavy atom. The Labute approximate surface area is 67.6 Å². The molecule has 1 aliphatic heterocycles. The fourth-order valence-electron chi connectivity index (χ4n) is 1.71. The SMILES string of the molecule is CCCN1C[C@@H](O)C[C@H]1CO. The molecule has 11 heavy (non-hydrogen) atoms. The largest absolute Gasteiger partial charge is 0.395 e. The van der Waals surface area contributed by atoms with E-state index < -0.39 is 0 Å². The van der Waals surface area contributed by atoms with Crippen molar-refractivity contribution >= 4 is 0 Å². The summed E-state index contributed by atoms with van der Waals surface area (Å²) in [5.41, 5.74) is 0. The zero-order valence-electron chi connectivity index (χ0n) is 7.03. The van der Waals surface area contributed by atoms with Gasteiger partial charge in [-0.3, -0.25) is 4.90 Å². The van der Waals surface area contributed by atoms with Crippen LogP contribution in [0.2, 0.25) is 0 Å². The first-order valence-corrected chi connectivity index (χ1v) is 4.31. The first kappa shape index (κ1) is 8.97. The molecule has 2 N–H and O–H groups in total. The Kier molecular flexibility index (Phi) is 3.30. The van der Waals surface area contributed by atoms with Crippen LogP contribution >= 0.6 is 0 Å². The Bertz CT molecular complexity index is 119. The number of hydrogen-bond acceptors (Lipinski definition) is 3. The predicted octanol–water partition coefficient (Wildman–Crippen LogP) is -0.176. The minimum atomic E-state index is -0.223. The van der Waals surface area contributed by atoms with E-state index in [1.54, 1.807) is 0 Å². The lowest BCUT2D eigenvalue weighted by Gasteiger charge is -2.20. The van der Waals surface area contributed by atoms with Crippen molar-refractivity contribution in [2.75, 3.05) is 19.7 Å². The average Bonchev–Trinajstić information content (AvgIpc) is 2.32. The minimum absolute atomic E-state index is 0.178. The molecule has 0 bridgehead atoms. The summed E-state index contributed by atoms with van der Waals surface area (Å²) in [5, 5.41) is 18.2. The van der Waals surface area contributed by atoms with Crippen molar-refractivity contribution in [1.29, 1.82) is 0 Å². The summed E-state index contributed by atoms with van der Waals surface area (Å²) in [5.74, 6) is 0. The van der Waals surface area contributed by atoms with Crippen molar-refractivity contribution in [2.24, 2.45) is 0 Å². The molecule has 3 heteroatoms. The van der Waals surface area contributed by atoms with E-state index in [9.17, 15) is 5.11 Å². The smallest absolute Gasteiger partial charge is 0.0683 e. The van der Waals surface area contributed by atoms with E-state index in [0.717, 1.165) is 25.9 Å². The summed E-state index contributed by atoms with van der Waals surface area (Å²) in [6.45, 7) is 4.01. The lowest BCUT2D eigenvalue weighted by atomic mass is 10.2. The van der Waals surface area contributed by atoms with E-state index in [0.29, 0.717) is 0 Å². The molecule has 1 fully saturated rings. The van der Waals surface area contributed by atoms with E-state index in [1.807, 2.05) is 0 Å². The summed E-state index contributed by atoms with van der Waals surface area (Å²) < 4.78 is 0. The molecule has 2 atom stereocenters. The Morgan fingerprint density at radius 1 is 1.55 bits per heavy atom. The number of aliphatic hydroxyl groups is 2. The molecule has 0 aromatic carbocycles. The van der Waals surface area contributed by atoms with Gasteiger partial charge in [0.15, 0.2) is 0 Å². The van der Waals surface area contributed by atoms with Gasteiger partial charge in [-0.05, 0) is 19.4 Å². The maximum atomic E-state index is 9.27. The van der Waals surface area contributed by atoms with Gasteiger partial charge in [-0.25, -0.2) is 0 Å². The van der Waals surface area contributed by atoms with Gasteiger partial charge in [0, 0.05) is 12.6 Å². The predicted molar refractivity (Wildman–Crippen MR) is 43.4 cm³/mol. The second-order valence-electron chi connectivity index (χ2n) is 3.22. The summed E-state index contributed by atoms with van der Waals surface area (Å²) in [4.78, 5) is 2.16. The van der Waals surface area contributed by atoms with Crippen LogP contribution in [0, 0.1) is 0 Å². The third-order valence-electron chi connectivity index (χ3n) is 2.23. The molecule has 1 saturated heterocycles. The molecule has 0 unspecified atom stereocenters. The second kappa shape index (κ2) is 4.04. The molecule has 0 aromatic heterocycles. The lowest BCUT2D eigenvalue weighted by Crippen LogP contribution is -2.32. The van der Waals surface area contributed by atoms with Gasteiger partial charge >= 0.3 is 0 Å². The molecule has 0 aromatic rings. The number of aliphatic hydroxyl groups excluding tert-OH is 2. The molecular weight excluding hydrogens is 142 g/mol. The van der Waals surface area contributed by atoms with Gasteiger partial charge in [0.25, 0.3) is 0 Å². The molecule has 1 rings (SSSR count). The maximum Gasteiger partial charge on any atom is 0.0683 e. The summed E-state index contributed by atoms with van der Waals surface area (Å²) in [6.07, 6.45) is 1.60. The minimum Gasteiger partial charge on any atom is -0.395 e. The van der Waals surface area contributed by atoms with Crippen LogP contribution in [0.5, 0.6) is 0 Å². The zero-order valence-corrected chi connectivity index (χ0v) is 7.03. The van der Waals surface area contributed by atoms with Crippen LogP contribution in [0.3, 0.4) is 0 Å². The van der Waals surface area contributed by atoms with E-state index in [1.165, 1.54) is 0 Å². The van der Waals surface area contributed by atoms with Gasteiger partial charge in [0.2, 0.25) is 0 Å². The molecule has 66 valence electrons. The summed E-state index contributed by atoms with van der Waals surface area (Å²) >= 11 is 0. The fraction of sp³-hybridized carbons (Fsp3) is 1.00. The normalized spacial score (nSPS) is 33.0. The fourth-order valence-corrected chi connectivity index (χ4v) is 1.71. The van der Waals surface area contributed by atoms with Crippen LogP contribution in [-0.2, 0) is 0 Å². The Balaban J connectivity index is 2.37. The lowest BCUT2D eigenvalue weighted by molar-refractivity contribution is 0.156. The summed E-state index contributed by atoms with van der Waals surface area (Å²) in [6, 6.07) is 0.199. The number of likely N-dealkylation sites (tertiary alicyclic amines) is 1. The molecule has 0 spiro atoms. The van der Waals surface area contributed by atoms with Crippen LogP contribution in [-0.4, -0.2) is 47.0 Å².